The van der Waals surface area contributed by atoms with Crippen LogP contribution < -0.4 is 11.1 Å². The Morgan fingerprint density at radius 1 is 1.28 bits per heavy atom. The summed E-state index contributed by atoms with van der Waals surface area (Å²) in [6.45, 7) is 8.83. The molecule has 1 amide bonds. The lowest BCUT2D eigenvalue weighted by atomic mass is 9.78. The molecule has 3 N–H and O–H groups in total. The van der Waals surface area contributed by atoms with Crippen LogP contribution in [0.15, 0.2) is 0 Å². The lowest BCUT2D eigenvalue weighted by Gasteiger charge is -2.30. The summed E-state index contributed by atoms with van der Waals surface area (Å²) >= 11 is 0. The van der Waals surface area contributed by atoms with Gasteiger partial charge in [0.15, 0.2) is 0 Å². The van der Waals surface area contributed by atoms with E-state index in [1.54, 1.807) is 0 Å². The predicted octanol–water partition coefficient (Wildman–Crippen LogP) is 2.69. The zero-order valence-corrected chi connectivity index (χ0v) is 12.5. The summed E-state index contributed by atoms with van der Waals surface area (Å²) in [6, 6.07) is 0. The van der Waals surface area contributed by atoms with Gasteiger partial charge in [-0.05, 0) is 39.0 Å². The van der Waals surface area contributed by atoms with Gasteiger partial charge in [0.1, 0.15) is 0 Å². The van der Waals surface area contributed by atoms with Gasteiger partial charge in [-0.1, -0.05) is 32.6 Å². The van der Waals surface area contributed by atoms with Crippen LogP contribution >= 0.6 is 0 Å². The first-order valence-electron chi connectivity index (χ1n) is 7.34. The van der Waals surface area contributed by atoms with Crippen molar-refractivity contribution >= 4 is 5.91 Å². The first-order valence-corrected chi connectivity index (χ1v) is 7.34. The van der Waals surface area contributed by atoms with Gasteiger partial charge in [0, 0.05) is 12.1 Å². The van der Waals surface area contributed by atoms with Crippen LogP contribution in [0.2, 0.25) is 0 Å². The fourth-order valence-electron chi connectivity index (χ4n) is 2.75. The fourth-order valence-corrected chi connectivity index (χ4v) is 2.75. The molecule has 0 radical (unpaired) electrons. The minimum absolute atomic E-state index is 0.0115. The van der Waals surface area contributed by atoms with E-state index in [4.69, 9.17) is 5.73 Å². The maximum Gasteiger partial charge on any atom is 0.224 e. The molecule has 0 aliphatic heterocycles. The molecule has 0 aromatic heterocycles. The second kappa shape index (κ2) is 6.55. The molecule has 3 heteroatoms. The highest BCUT2D eigenvalue weighted by Crippen LogP contribution is 2.32. The monoisotopic (exact) mass is 254 g/mol. The van der Waals surface area contributed by atoms with Crippen LogP contribution in [0, 0.1) is 17.8 Å². The average molecular weight is 254 g/mol. The molecule has 18 heavy (non-hydrogen) atoms. The SMILES string of the molecule is CC1CCC(CC(CN)C(=O)NC(C)(C)C)CC1. The zero-order valence-electron chi connectivity index (χ0n) is 12.5. The smallest absolute Gasteiger partial charge is 0.224 e. The number of hydrogen-bond acceptors (Lipinski definition) is 2. The summed E-state index contributed by atoms with van der Waals surface area (Å²) in [4.78, 5) is 12.1. The van der Waals surface area contributed by atoms with E-state index in [0.29, 0.717) is 12.5 Å². The Morgan fingerprint density at radius 3 is 2.28 bits per heavy atom. The number of rotatable bonds is 4. The number of amides is 1. The Hall–Kier alpha value is -0.570. The van der Waals surface area contributed by atoms with Crippen molar-refractivity contribution in [3.63, 3.8) is 0 Å². The summed E-state index contributed by atoms with van der Waals surface area (Å²) < 4.78 is 0. The molecule has 3 nitrogen and oxygen atoms in total. The fraction of sp³-hybridized carbons (Fsp3) is 0.933. The third-order valence-corrected chi connectivity index (χ3v) is 3.91. The van der Waals surface area contributed by atoms with Crippen molar-refractivity contribution in [1.82, 2.24) is 5.32 Å². The van der Waals surface area contributed by atoms with Gasteiger partial charge in [0.25, 0.3) is 0 Å². The Labute approximate surface area is 112 Å². The quantitative estimate of drug-likeness (QED) is 0.810. The van der Waals surface area contributed by atoms with Crippen molar-refractivity contribution in [2.45, 2.75) is 65.3 Å². The van der Waals surface area contributed by atoms with Gasteiger partial charge in [-0.2, -0.15) is 0 Å². The van der Waals surface area contributed by atoms with Crippen LogP contribution in [0.1, 0.15) is 59.8 Å². The van der Waals surface area contributed by atoms with Gasteiger partial charge in [-0.15, -0.1) is 0 Å². The number of hydrogen-bond donors (Lipinski definition) is 2. The highest BCUT2D eigenvalue weighted by molar-refractivity contribution is 5.79. The predicted molar refractivity (Wildman–Crippen MR) is 76.2 cm³/mol. The Kier molecular flexibility index (Phi) is 5.64. The normalized spacial score (nSPS) is 26.7. The van der Waals surface area contributed by atoms with E-state index in [2.05, 4.69) is 12.2 Å². The maximum absolute atomic E-state index is 12.1. The van der Waals surface area contributed by atoms with Crippen LogP contribution in [0.25, 0.3) is 0 Å². The van der Waals surface area contributed by atoms with Crippen molar-refractivity contribution < 1.29 is 4.79 Å². The average Bonchev–Trinajstić information content (AvgIpc) is 2.25. The number of carbonyl (C=O) groups excluding carboxylic acids is 1. The molecule has 1 aliphatic carbocycles. The second-order valence-electron chi connectivity index (χ2n) is 7.03. The Bertz CT molecular complexity index is 262. The summed E-state index contributed by atoms with van der Waals surface area (Å²) in [5.74, 6) is 1.67. The van der Waals surface area contributed by atoms with E-state index in [1.165, 1.54) is 25.7 Å². The highest BCUT2D eigenvalue weighted by Gasteiger charge is 2.26. The summed E-state index contributed by atoms with van der Waals surface area (Å²) in [7, 11) is 0. The van der Waals surface area contributed by atoms with Gasteiger partial charge in [-0.3, -0.25) is 4.79 Å². The molecule has 106 valence electrons. The van der Waals surface area contributed by atoms with Crippen molar-refractivity contribution in [1.29, 1.82) is 0 Å². The highest BCUT2D eigenvalue weighted by atomic mass is 16.2. The summed E-state index contributed by atoms with van der Waals surface area (Å²) in [6.07, 6.45) is 6.11. The minimum atomic E-state index is -0.161. The van der Waals surface area contributed by atoms with E-state index in [9.17, 15) is 4.79 Å². The van der Waals surface area contributed by atoms with E-state index in [1.807, 2.05) is 20.8 Å². The first kappa shape index (κ1) is 15.5. The molecule has 1 unspecified atom stereocenters. The topological polar surface area (TPSA) is 55.1 Å². The van der Waals surface area contributed by atoms with Gasteiger partial charge in [0.05, 0.1) is 5.92 Å². The molecular formula is C15H30N2O. The number of nitrogens with one attached hydrogen (secondary N) is 1. The van der Waals surface area contributed by atoms with Crippen molar-refractivity contribution in [2.24, 2.45) is 23.5 Å². The maximum atomic E-state index is 12.1. The van der Waals surface area contributed by atoms with Gasteiger partial charge in [0.2, 0.25) is 5.91 Å². The minimum Gasteiger partial charge on any atom is -0.351 e. The van der Waals surface area contributed by atoms with Crippen LogP contribution in [0.3, 0.4) is 0 Å². The van der Waals surface area contributed by atoms with E-state index >= 15 is 0 Å². The molecule has 0 saturated heterocycles. The number of nitrogens with two attached hydrogens (primary N) is 1. The lowest BCUT2D eigenvalue weighted by Crippen LogP contribution is -2.46. The van der Waals surface area contributed by atoms with Gasteiger partial charge < -0.3 is 11.1 Å². The molecular weight excluding hydrogens is 224 g/mol. The van der Waals surface area contributed by atoms with Crippen molar-refractivity contribution in [3.05, 3.63) is 0 Å². The van der Waals surface area contributed by atoms with Gasteiger partial charge >= 0.3 is 0 Å². The van der Waals surface area contributed by atoms with Crippen molar-refractivity contribution in [2.75, 3.05) is 6.54 Å². The van der Waals surface area contributed by atoms with E-state index in [0.717, 1.165) is 12.3 Å². The van der Waals surface area contributed by atoms with Crippen LogP contribution in [-0.4, -0.2) is 18.0 Å². The molecule has 1 atom stereocenters. The van der Waals surface area contributed by atoms with Crippen LogP contribution in [-0.2, 0) is 4.79 Å². The summed E-state index contributed by atoms with van der Waals surface area (Å²) in [5.41, 5.74) is 5.62. The molecule has 1 fully saturated rings. The van der Waals surface area contributed by atoms with E-state index < -0.39 is 0 Å². The molecule has 1 rings (SSSR count). The molecule has 0 bridgehead atoms. The third-order valence-electron chi connectivity index (χ3n) is 3.91. The zero-order chi connectivity index (χ0) is 13.8. The van der Waals surface area contributed by atoms with E-state index in [-0.39, 0.29) is 17.4 Å². The molecule has 0 heterocycles. The molecule has 0 aromatic carbocycles. The molecule has 1 aliphatic rings. The Balaban J connectivity index is 2.44. The first-order chi connectivity index (χ1) is 8.31. The second-order valence-corrected chi connectivity index (χ2v) is 7.03. The summed E-state index contributed by atoms with van der Waals surface area (Å²) in [5, 5.41) is 3.05. The van der Waals surface area contributed by atoms with Crippen LogP contribution in [0.4, 0.5) is 0 Å². The number of carbonyl (C=O) groups is 1. The Morgan fingerprint density at radius 2 is 1.83 bits per heavy atom. The van der Waals surface area contributed by atoms with Crippen LogP contribution in [0.5, 0.6) is 0 Å². The lowest BCUT2D eigenvalue weighted by molar-refractivity contribution is -0.126. The molecule has 0 aromatic rings. The largest absolute Gasteiger partial charge is 0.351 e. The molecule has 0 spiro atoms. The third kappa shape index (κ3) is 5.38. The molecule has 1 saturated carbocycles. The van der Waals surface area contributed by atoms with Crippen molar-refractivity contribution in [3.8, 4) is 0 Å². The standard InChI is InChI=1S/C15H30N2O/c1-11-5-7-12(8-6-11)9-13(10-16)14(18)17-15(2,3)4/h11-13H,5-10,16H2,1-4H3,(H,17,18). The van der Waals surface area contributed by atoms with Gasteiger partial charge in [-0.25, -0.2) is 0 Å².